The molecule has 0 saturated carbocycles. The van der Waals surface area contributed by atoms with Gasteiger partial charge in [-0.3, -0.25) is 4.99 Å². The first-order valence-electron chi connectivity index (χ1n) is 8.30. The van der Waals surface area contributed by atoms with Crippen LogP contribution in [0.3, 0.4) is 0 Å². The second kappa shape index (κ2) is 7.58. The highest BCUT2D eigenvalue weighted by atomic mass is 32.1. The van der Waals surface area contributed by atoms with Crippen molar-refractivity contribution in [3.63, 3.8) is 0 Å². The molecule has 2 aromatic heterocycles. The molecule has 2 heterocycles. The highest BCUT2D eigenvalue weighted by molar-refractivity contribution is 7.22. The van der Waals surface area contributed by atoms with E-state index in [1.807, 2.05) is 40.0 Å². The normalized spacial score (nSPS) is 12.1. The van der Waals surface area contributed by atoms with Crippen molar-refractivity contribution in [3.05, 3.63) is 53.9 Å². The molecule has 0 saturated heterocycles. The van der Waals surface area contributed by atoms with E-state index < -0.39 is 0 Å². The minimum absolute atomic E-state index is 0.697. The number of allylic oxidation sites excluding steroid dienone is 2. The van der Waals surface area contributed by atoms with Crippen LogP contribution in [0.4, 0.5) is 5.13 Å². The Bertz CT molecular complexity index is 1030. The lowest BCUT2D eigenvalue weighted by Crippen LogP contribution is -1.93. The van der Waals surface area contributed by atoms with Crippen molar-refractivity contribution in [1.82, 2.24) is 15.0 Å². The summed E-state index contributed by atoms with van der Waals surface area (Å²) >= 11 is 1.60. The summed E-state index contributed by atoms with van der Waals surface area (Å²) in [5, 5.41) is 3.98. The minimum atomic E-state index is 0.697. The Morgan fingerprint density at radius 1 is 1.31 bits per heavy atom. The van der Waals surface area contributed by atoms with E-state index in [2.05, 4.69) is 44.0 Å². The van der Waals surface area contributed by atoms with Gasteiger partial charge in [0.25, 0.3) is 0 Å². The summed E-state index contributed by atoms with van der Waals surface area (Å²) < 4.78 is 1.06. The summed E-state index contributed by atoms with van der Waals surface area (Å²) in [6, 6.07) is 6.03. The number of aromatic nitrogens is 3. The highest BCUT2D eigenvalue weighted by Gasteiger charge is 2.15. The first-order valence-corrected chi connectivity index (χ1v) is 9.12. The van der Waals surface area contributed by atoms with Crippen molar-refractivity contribution in [1.29, 1.82) is 0 Å². The van der Waals surface area contributed by atoms with Crippen LogP contribution >= 0.6 is 11.3 Å². The first-order chi connectivity index (χ1) is 12.5. The summed E-state index contributed by atoms with van der Waals surface area (Å²) in [7, 11) is 1.87. The molecule has 26 heavy (non-hydrogen) atoms. The molecule has 1 N–H and O–H groups in total. The predicted octanol–water partition coefficient (Wildman–Crippen LogP) is 5.11. The topological polar surface area (TPSA) is 63.1 Å². The zero-order chi connectivity index (χ0) is 18.7. The Morgan fingerprint density at radius 3 is 2.77 bits per heavy atom. The van der Waals surface area contributed by atoms with E-state index in [1.165, 1.54) is 0 Å². The van der Waals surface area contributed by atoms with Gasteiger partial charge in [-0.1, -0.05) is 24.0 Å². The maximum absolute atomic E-state index is 4.67. The lowest BCUT2D eigenvalue weighted by atomic mass is 10.1. The van der Waals surface area contributed by atoms with Crippen LogP contribution in [-0.4, -0.2) is 28.2 Å². The molecule has 0 amide bonds. The van der Waals surface area contributed by atoms with Crippen LogP contribution in [0.5, 0.6) is 0 Å². The SMILES string of the molecule is C=C(C)C=N/C(=C\C)c1cc(-c2nccc(C)n2)c2sc(NC)nc2c1. The number of nitrogens with zero attached hydrogens (tertiary/aromatic N) is 4. The molecule has 132 valence electrons. The van der Waals surface area contributed by atoms with E-state index in [9.17, 15) is 0 Å². The van der Waals surface area contributed by atoms with E-state index >= 15 is 0 Å². The summed E-state index contributed by atoms with van der Waals surface area (Å²) in [5.41, 5.74) is 5.54. The molecule has 0 bridgehead atoms. The van der Waals surface area contributed by atoms with Gasteiger partial charge in [0, 0.05) is 36.3 Å². The summed E-state index contributed by atoms with van der Waals surface area (Å²) in [4.78, 5) is 18.3. The van der Waals surface area contributed by atoms with Crippen molar-refractivity contribution < 1.29 is 0 Å². The van der Waals surface area contributed by atoms with Gasteiger partial charge in [0.05, 0.1) is 15.9 Å². The number of nitrogens with one attached hydrogen (secondary N) is 1. The maximum Gasteiger partial charge on any atom is 0.183 e. The molecule has 0 radical (unpaired) electrons. The van der Waals surface area contributed by atoms with Crippen LogP contribution in [-0.2, 0) is 0 Å². The zero-order valence-corrected chi connectivity index (χ0v) is 16.2. The second-order valence-electron chi connectivity index (χ2n) is 5.94. The number of fused-ring (bicyclic) bond motifs is 1. The molecule has 0 unspecified atom stereocenters. The molecule has 3 rings (SSSR count). The molecule has 0 atom stereocenters. The number of aliphatic imine (C=N–C) groups is 1. The predicted molar refractivity (Wildman–Crippen MR) is 112 cm³/mol. The number of rotatable bonds is 5. The largest absolute Gasteiger partial charge is 0.365 e. The number of hydrogen-bond acceptors (Lipinski definition) is 6. The fraction of sp³-hybridized carbons (Fsp3) is 0.200. The number of hydrogen-bond donors (Lipinski definition) is 1. The number of benzene rings is 1. The summed E-state index contributed by atoms with van der Waals surface area (Å²) in [5.74, 6) is 0.697. The third-order valence-corrected chi connectivity index (χ3v) is 4.85. The summed E-state index contributed by atoms with van der Waals surface area (Å²) in [6.07, 6.45) is 5.53. The third-order valence-electron chi connectivity index (χ3n) is 3.73. The molecule has 5 nitrogen and oxygen atoms in total. The van der Waals surface area contributed by atoms with Gasteiger partial charge < -0.3 is 5.32 Å². The average molecular weight is 363 g/mol. The van der Waals surface area contributed by atoms with Gasteiger partial charge in [-0.15, -0.1) is 0 Å². The van der Waals surface area contributed by atoms with Crippen molar-refractivity contribution >= 4 is 38.6 Å². The fourth-order valence-electron chi connectivity index (χ4n) is 2.53. The molecule has 0 spiro atoms. The number of anilines is 1. The molecule has 0 aliphatic rings. The van der Waals surface area contributed by atoms with Gasteiger partial charge in [0.15, 0.2) is 11.0 Å². The van der Waals surface area contributed by atoms with Crippen molar-refractivity contribution in [2.45, 2.75) is 20.8 Å². The Hall–Kier alpha value is -2.86. The average Bonchev–Trinajstić information content (AvgIpc) is 3.04. The van der Waals surface area contributed by atoms with Gasteiger partial charge in [-0.25, -0.2) is 15.0 Å². The molecule has 0 aliphatic carbocycles. The molecule has 3 aromatic rings. The fourth-order valence-corrected chi connectivity index (χ4v) is 3.44. The first kappa shape index (κ1) is 17.9. The van der Waals surface area contributed by atoms with Gasteiger partial charge in [-0.05, 0) is 44.5 Å². The molecule has 0 fully saturated rings. The lowest BCUT2D eigenvalue weighted by molar-refractivity contribution is 1.11. The standard InChI is InChI=1S/C20H21N5S/c1-6-16(23-11-12(2)3)14-9-15(19-22-8-7-13(4)24-19)18-17(10-14)25-20(21-5)26-18/h6-11H,2H2,1,3-5H3,(H,21,25)/b16-6-,23-11?. The maximum atomic E-state index is 4.67. The van der Waals surface area contributed by atoms with E-state index in [-0.39, 0.29) is 0 Å². The molecule has 0 aliphatic heterocycles. The van der Waals surface area contributed by atoms with E-state index in [1.54, 1.807) is 23.7 Å². The second-order valence-corrected chi connectivity index (χ2v) is 6.94. The van der Waals surface area contributed by atoms with Crippen molar-refractivity contribution in [2.75, 3.05) is 12.4 Å². The third kappa shape index (κ3) is 3.70. The lowest BCUT2D eigenvalue weighted by Gasteiger charge is -2.07. The molecular formula is C20H21N5S. The van der Waals surface area contributed by atoms with Crippen LogP contribution in [0.15, 0.2) is 47.6 Å². The quantitative estimate of drug-likeness (QED) is 0.640. The Balaban J connectivity index is 2.24. The molecule has 1 aromatic carbocycles. The molecular weight excluding hydrogens is 342 g/mol. The van der Waals surface area contributed by atoms with Crippen molar-refractivity contribution in [3.8, 4) is 11.4 Å². The molecule has 6 heteroatoms. The summed E-state index contributed by atoms with van der Waals surface area (Å²) in [6.45, 7) is 9.74. The zero-order valence-electron chi connectivity index (χ0n) is 15.4. The van der Waals surface area contributed by atoms with Gasteiger partial charge in [0.2, 0.25) is 0 Å². The smallest absolute Gasteiger partial charge is 0.183 e. The van der Waals surface area contributed by atoms with Crippen LogP contribution in [0, 0.1) is 6.92 Å². The van der Waals surface area contributed by atoms with Crippen LogP contribution < -0.4 is 5.32 Å². The van der Waals surface area contributed by atoms with Gasteiger partial charge in [-0.2, -0.15) is 0 Å². The Kier molecular flexibility index (Phi) is 5.23. The number of thiazole rings is 1. The van der Waals surface area contributed by atoms with Gasteiger partial charge >= 0.3 is 0 Å². The Morgan fingerprint density at radius 2 is 2.12 bits per heavy atom. The van der Waals surface area contributed by atoms with Crippen LogP contribution in [0.1, 0.15) is 25.1 Å². The van der Waals surface area contributed by atoms with Crippen LogP contribution in [0.2, 0.25) is 0 Å². The highest BCUT2D eigenvalue weighted by Crippen LogP contribution is 2.36. The van der Waals surface area contributed by atoms with Gasteiger partial charge in [0.1, 0.15) is 0 Å². The van der Waals surface area contributed by atoms with E-state index in [0.29, 0.717) is 5.82 Å². The van der Waals surface area contributed by atoms with Crippen LogP contribution in [0.25, 0.3) is 27.3 Å². The van der Waals surface area contributed by atoms with Crippen molar-refractivity contribution in [2.24, 2.45) is 4.99 Å². The van der Waals surface area contributed by atoms with E-state index in [4.69, 9.17) is 0 Å². The Labute approximate surface area is 157 Å². The monoisotopic (exact) mass is 363 g/mol. The minimum Gasteiger partial charge on any atom is -0.365 e. The van der Waals surface area contributed by atoms with E-state index in [0.717, 1.165) is 43.4 Å². The number of aryl methyl sites for hydroxylation is 1.